The van der Waals surface area contributed by atoms with Gasteiger partial charge in [-0.2, -0.15) is 0 Å². The van der Waals surface area contributed by atoms with Crippen LogP contribution in [0.5, 0.6) is 0 Å². The minimum absolute atomic E-state index is 0.186. The lowest BCUT2D eigenvalue weighted by Gasteiger charge is -2.41. The number of rotatable bonds is 4. The fourth-order valence-corrected chi connectivity index (χ4v) is 4.82. The van der Waals surface area contributed by atoms with E-state index in [0.717, 1.165) is 49.7 Å². The molecule has 24 heavy (non-hydrogen) atoms. The molecule has 3 aliphatic rings. The average molecular weight is 328 g/mol. The van der Waals surface area contributed by atoms with Gasteiger partial charge >= 0.3 is 0 Å². The molecule has 2 aliphatic heterocycles. The summed E-state index contributed by atoms with van der Waals surface area (Å²) in [6.45, 7) is 4.24. The van der Waals surface area contributed by atoms with E-state index in [1.807, 2.05) is 6.20 Å². The summed E-state index contributed by atoms with van der Waals surface area (Å²) in [5, 5.41) is 0.984. The monoisotopic (exact) mass is 328 g/mol. The Balaban J connectivity index is 1.52. The maximum atomic E-state index is 13.5. The van der Waals surface area contributed by atoms with Crippen LogP contribution < -0.4 is 0 Å². The van der Waals surface area contributed by atoms with E-state index in [0.29, 0.717) is 23.7 Å². The number of Topliss-reactive ketones (excluding diaryl/α,β-unsaturated/α-hetero) is 1. The molecule has 5 rings (SSSR count). The number of halogens is 1. The van der Waals surface area contributed by atoms with E-state index in [2.05, 4.69) is 16.8 Å². The number of ketones is 1. The van der Waals surface area contributed by atoms with E-state index in [-0.39, 0.29) is 5.82 Å². The van der Waals surface area contributed by atoms with Gasteiger partial charge in [0.15, 0.2) is 0 Å². The second kappa shape index (κ2) is 6.32. The van der Waals surface area contributed by atoms with E-state index < -0.39 is 0 Å². The quantitative estimate of drug-likeness (QED) is 0.923. The van der Waals surface area contributed by atoms with Gasteiger partial charge in [0.05, 0.1) is 0 Å². The number of fused-ring (bicyclic) bond motifs is 5. The molecule has 1 saturated carbocycles. The number of piperidine rings is 1. The first-order chi connectivity index (χ1) is 11.6. The zero-order valence-electron chi connectivity index (χ0n) is 14.2. The number of carbonyl (C=O) groups is 1. The highest BCUT2D eigenvalue weighted by atomic mass is 19.1. The summed E-state index contributed by atoms with van der Waals surface area (Å²) in [4.78, 5) is 17.9. The van der Waals surface area contributed by atoms with Gasteiger partial charge in [-0.25, -0.2) is 4.39 Å². The molecule has 2 bridgehead atoms. The molecule has 128 valence electrons. The summed E-state index contributed by atoms with van der Waals surface area (Å²) < 4.78 is 13.5. The highest BCUT2D eigenvalue weighted by Gasteiger charge is 2.40. The number of hydrogen-bond acceptors (Lipinski definition) is 2. The average Bonchev–Trinajstić information content (AvgIpc) is 2.79. The van der Waals surface area contributed by atoms with E-state index in [9.17, 15) is 9.18 Å². The van der Waals surface area contributed by atoms with Gasteiger partial charge in [-0.05, 0) is 48.4 Å². The van der Waals surface area contributed by atoms with Gasteiger partial charge < -0.3 is 4.98 Å². The SMILES string of the molecule is CCC1CC2CC(=O)CC1N(CCc1c[nH]c3ccc(F)cc13)C2. The molecule has 1 N–H and O–H groups in total. The maximum absolute atomic E-state index is 13.5. The summed E-state index contributed by atoms with van der Waals surface area (Å²) >= 11 is 0. The fourth-order valence-electron chi connectivity index (χ4n) is 4.82. The predicted molar refractivity (Wildman–Crippen MR) is 93.5 cm³/mol. The van der Waals surface area contributed by atoms with E-state index >= 15 is 0 Å². The molecule has 3 fully saturated rings. The minimum atomic E-state index is -0.186. The van der Waals surface area contributed by atoms with Crippen molar-refractivity contribution in [2.45, 2.75) is 45.1 Å². The molecule has 2 saturated heterocycles. The molecule has 1 aromatic carbocycles. The van der Waals surface area contributed by atoms with Gasteiger partial charge in [0.1, 0.15) is 11.6 Å². The standard InChI is InChI=1S/C20H25FN2O/c1-2-14-7-13-8-17(24)10-20(14)23(12-13)6-5-15-11-22-19-4-3-16(21)9-18(15)19/h3-4,9,11,13-14,20,22H,2,5-8,10,12H2,1H3. The lowest BCUT2D eigenvalue weighted by Crippen LogP contribution is -2.47. The highest BCUT2D eigenvalue weighted by Crippen LogP contribution is 2.37. The molecule has 0 radical (unpaired) electrons. The van der Waals surface area contributed by atoms with Crippen LogP contribution in [0.15, 0.2) is 24.4 Å². The molecule has 1 aliphatic carbocycles. The second-order valence-corrected chi connectivity index (χ2v) is 7.53. The Morgan fingerprint density at radius 1 is 1.33 bits per heavy atom. The smallest absolute Gasteiger partial charge is 0.134 e. The summed E-state index contributed by atoms with van der Waals surface area (Å²) in [5.41, 5.74) is 2.16. The molecule has 3 unspecified atom stereocenters. The Kier molecular flexibility index (Phi) is 4.17. The Labute approximate surface area is 142 Å². The first-order valence-corrected chi connectivity index (χ1v) is 9.15. The van der Waals surface area contributed by atoms with Crippen LogP contribution in [0.4, 0.5) is 4.39 Å². The van der Waals surface area contributed by atoms with Gasteiger partial charge in [-0.3, -0.25) is 9.69 Å². The Bertz CT molecular complexity index is 753. The zero-order chi connectivity index (χ0) is 16.7. The number of aromatic nitrogens is 1. The van der Waals surface area contributed by atoms with Gasteiger partial charge in [-0.15, -0.1) is 0 Å². The Hall–Kier alpha value is -1.68. The van der Waals surface area contributed by atoms with Crippen molar-refractivity contribution in [3.8, 4) is 0 Å². The molecule has 2 aromatic rings. The van der Waals surface area contributed by atoms with Gasteiger partial charge in [0.2, 0.25) is 0 Å². The van der Waals surface area contributed by atoms with Gasteiger partial charge in [0.25, 0.3) is 0 Å². The van der Waals surface area contributed by atoms with Gasteiger partial charge in [0, 0.05) is 49.1 Å². The van der Waals surface area contributed by atoms with Crippen molar-refractivity contribution in [3.05, 3.63) is 35.8 Å². The van der Waals surface area contributed by atoms with Crippen LogP contribution in [-0.4, -0.2) is 34.8 Å². The van der Waals surface area contributed by atoms with Crippen molar-refractivity contribution < 1.29 is 9.18 Å². The van der Waals surface area contributed by atoms with Crippen molar-refractivity contribution >= 4 is 16.7 Å². The molecule has 3 nitrogen and oxygen atoms in total. The van der Waals surface area contributed by atoms with Crippen LogP contribution in [0.1, 0.15) is 38.2 Å². The number of hydrogen-bond donors (Lipinski definition) is 1. The first kappa shape index (κ1) is 15.8. The molecule has 0 amide bonds. The second-order valence-electron chi connectivity index (χ2n) is 7.53. The van der Waals surface area contributed by atoms with Crippen molar-refractivity contribution in [2.24, 2.45) is 11.8 Å². The Morgan fingerprint density at radius 2 is 2.21 bits per heavy atom. The fraction of sp³-hybridized carbons (Fsp3) is 0.550. The molecular formula is C20H25FN2O. The van der Waals surface area contributed by atoms with Crippen LogP contribution in [0.25, 0.3) is 10.9 Å². The van der Waals surface area contributed by atoms with E-state index in [4.69, 9.17) is 0 Å². The minimum Gasteiger partial charge on any atom is -0.361 e. The summed E-state index contributed by atoms with van der Waals surface area (Å²) in [7, 11) is 0. The molecular weight excluding hydrogens is 303 g/mol. The number of aromatic amines is 1. The zero-order valence-corrected chi connectivity index (χ0v) is 14.2. The van der Waals surface area contributed by atoms with Crippen LogP contribution in [0.3, 0.4) is 0 Å². The summed E-state index contributed by atoms with van der Waals surface area (Å²) in [6, 6.07) is 5.32. The molecule has 1 aromatic heterocycles. The molecule has 0 spiro atoms. The number of benzene rings is 1. The van der Waals surface area contributed by atoms with E-state index in [1.165, 1.54) is 18.1 Å². The normalized spacial score (nSPS) is 27.8. The van der Waals surface area contributed by atoms with Crippen LogP contribution in [0, 0.1) is 17.7 Å². The lowest BCUT2D eigenvalue weighted by molar-refractivity contribution is -0.119. The van der Waals surface area contributed by atoms with E-state index in [1.54, 1.807) is 12.1 Å². The van der Waals surface area contributed by atoms with Crippen molar-refractivity contribution in [1.82, 2.24) is 9.88 Å². The predicted octanol–water partition coefficient (Wildman–Crippen LogP) is 3.93. The maximum Gasteiger partial charge on any atom is 0.134 e. The van der Waals surface area contributed by atoms with Crippen molar-refractivity contribution in [2.75, 3.05) is 13.1 Å². The number of H-pyrrole nitrogens is 1. The third kappa shape index (κ3) is 2.88. The van der Waals surface area contributed by atoms with Crippen LogP contribution >= 0.6 is 0 Å². The van der Waals surface area contributed by atoms with Gasteiger partial charge in [-0.1, -0.05) is 13.3 Å². The summed E-state index contributed by atoms with van der Waals surface area (Å²) in [5.74, 6) is 1.43. The third-order valence-corrected chi connectivity index (χ3v) is 6.02. The van der Waals surface area contributed by atoms with Crippen LogP contribution in [0.2, 0.25) is 0 Å². The third-order valence-electron chi connectivity index (χ3n) is 6.02. The molecule has 4 heteroatoms. The highest BCUT2D eigenvalue weighted by molar-refractivity contribution is 5.83. The largest absolute Gasteiger partial charge is 0.361 e. The van der Waals surface area contributed by atoms with Crippen molar-refractivity contribution in [1.29, 1.82) is 0 Å². The molecule has 3 atom stereocenters. The topological polar surface area (TPSA) is 36.1 Å². The summed E-state index contributed by atoms with van der Waals surface area (Å²) in [6.07, 6.45) is 6.75. The molecule has 3 heterocycles. The number of carbonyl (C=O) groups excluding carboxylic acids is 1. The van der Waals surface area contributed by atoms with Crippen molar-refractivity contribution in [3.63, 3.8) is 0 Å². The number of nitrogens with one attached hydrogen (secondary N) is 1. The first-order valence-electron chi connectivity index (χ1n) is 9.15. The lowest BCUT2D eigenvalue weighted by atomic mass is 9.83. The van der Waals surface area contributed by atoms with Crippen LogP contribution in [-0.2, 0) is 11.2 Å². The Morgan fingerprint density at radius 3 is 3.04 bits per heavy atom. The number of nitrogens with zero attached hydrogens (tertiary/aromatic N) is 1.